The van der Waals surface area contributed by atoms with E-state index in [0.29, 0.717) is 18.2 Å². The van der Waals surface area contributed by atoms with Gasteiger partial charge in [-0.2, -0.15) is 0 Å². The third-order valence-electron chi connectivity index (χ3n) is 4.03. The summed E-state index contributed by atoms with van der Waals surface area (Å²) >= 11 is 0. The number of rotatable bonds is 3. The molecule has 4 rings (SSSR count). The number of hydrogen-bond donors (Lipinski definition) is 2. The van der Waals surface area contributed by atoms with Crippen molar-refractivity contribution in [2.75, 3.05) is 11.5 Å². The van der Waals surface area contributed by atoms with Crippen LogP contribution in [0.4, 0.5) is 11.6 Å². The maximum absolute atomic E-state index is 5.80. The lowest BCUT2D eigenvalue weighted by molar-refractivity contribution is 0.776. The van der Waals surface area contributed by atoms with E-state index in [0.717, 1.165) is 33.8 Å². The summed E-state index contributed by atoms with van der Waals surface area (Å²) < 4.78 is 2.09. The van der Waals surface area contributed by atoms with Crippen LogP contribution in [0.3, 0.4) is 0 Å². The lowest BCUT2D eigenvalue weighted by atomic mass is 10.1. The second kappa shape index (κ2) is 5.86. The quantitative estimate of drug-likeness (QED) is 0.597. The number of hydrogen-bond acceptors (Lipinski definition) is 6. The summed E-state index contributed by atoms with van der Waals surface area (Å²) in [5, 5.41) is 0. The van der Waals surface area contributed by atoms with Crippen LogP contribution in [0.1, 0.15) is 11.4 Å². The third kappa shape index (κ3) is 2.87. The molecule has 0 aliphatic carbocycles. The fourth-order valence-corrected chi connectivity index (χ4v) is 2.86. The smallest absolute Gasteiger partial charge is 0.160 e. The third-order valence-corrected chi connectivity index (χ3v) is 4.03. The number of pyridine rings is 3. The van der Waals surface area contributed by atoms with E-state index in [1.165, 1.54) is 0 Å². The van der Waals surface area contributed by atoms with Crippen molar-refractivity contribution in [1.82, 2.24) is 24.5 Å². The lowest BCUT2D eigenvalue weighted by Crippen LogP contribution is -2.03. The van der Waals surface area contributed by atoms with Gasteiger partial charge in [0.25, 0.3) is 0 Å². The molecule has 0 amide bonds. The van der Waals surface area contributed by atoms with Gasteiger partial charge in [-0.05, 0) is 48.9 Å². The van der Waals surface area contributed by atoms with Gasteiger partial charge in [0.15, 0.2) is 5.65 Å². The molecule has 0 aromatic carbocycles. The number of aromatic nitrogens is 5. The van der Waals surface area contributed by atoms with Gasteiger partial charge in [0.2, 0.25) is 0 Å². The van der Waals surface area contributed by atoms with Gasteiger partial charge in [0.1, 0.15) is 23.0 Å². The van der Waals surface area contributed by atoms with Crippen molar-refractivity contribution in [1.29, 1.82) is 0 Å². The van der Waals surface area contributed by atoms with Crippen LogP contribution in [0.2, 0.25) is 0 Å². The van der Waals surface area contributed by atoms with Crippen LogP contribution in [-0.4, -0.2) is 24.5 Å². The largest absolute Gasteiger partial charge is 0.384 e. The molecule has 0 saturated heterocycles. The molecule has 0 unspecified atom stereocenters. The van der Waals surface area contributed by atoms with Crippen molar-refractivity contribution in [2.24, 2.45) is 0 Å². The maximum Gasteiger partial charge on any atom is 0.160 e. The molecule has 0 atom stereocenters. The molecule has 4 aromatic rings. The zero-order chi connectivity index (χ0) is 17.4. The molecule has 0 saturated carbocycles. The fraction of sp³-hybridized carbons (Fsp3) is 0.111. The molecule has 4 N–H and O–H groups in total. The van der Waals surface area contributed by atoms with Crippen LogP contribution < -0.4 is 11.5 Å². The number of aryl methyl sites for hydroxylation is 1. The van der Waals surface area contributed by atoms with E-state index in [4.69, 9.17) is 16.5 Å². The first-order valence-corrected chi connectivity index (χ1v) is 7.86. The summed E-state index contributed by atoms with van der Waals surface area (Å²) in [6, 6.07) is 11.4. The standard InChI is InChI=1S/C18H17N7/c1-11-22-15-3-2-14(13-8-16(19)24-17(20)9-13)23-18(15)25(11)10-12-4-6-21-7-5-12/h2-9H,10H2,1H3,(H4,19,20,24). The molecule has 7 nitrogen and oxygen atoms in total. The molecule has 0 bridgehead atoms. The molecule has 0 fully saturated rings. The number of anilines is 2. The molecule has 0 spiro atoms. The Balaban J connectivity index is 1.83. The van der Waals surface area contributed by atoms with Gasteiger partial charge in [-0.25, -0.2) is 15.0 Å². The highest BCUT2D eigenvalue weighted by Gasteiger charge is 2.12. The number of imidazole rings is 1. The highest BCUT2D eigenvalue weighted by molar-refractivity contribution is 5.77. The Bertz CT molecular complexity index is 1030. The Hall–Kier alpha value is -3.48. The first kappa shape index (κ1) is 15.1. The van der Waals surface area contributed by atoms with Gasteiger partial charge >= 0.3 is 0 Å². The van der Waals surface area contributed by atoms with Gasteiger partial charge in [-0.15, -0.1) is 0 Å². The second-order valence-electron chi connectivity index (χ2n) is 5.85. The minimum atomic E-state index is 0.373. The van der Waals surface area contributed by atoms with Crippen molar-refractivity contribution in [2.45, 2.75) is 13.5 Å². The minimum Gasteiger partial charge on any atom is -0.384 e. The van der Waals surface area contributed by atoms with Crippen LogP contribution in [0.25, 0.3) is 22.4 Å². The van der Waals surface area contributed by atoms with Crippen molar-refractivity contribution < 1.29 is 0 Å². The van der Waals surface area contributed by atoms with Crippen molar-refractivity contribution in [3.05, 3.63) is 60.2 Å². The van der Waals surface area contributed by atoms with Crippen LogP contribution >= 0.6 is 0 Å². The van der Waals surface area contributed by atoms with E-state index in [1.54, 1.807) is 24.5 Å². The summed E-state index contributed by atoms with van der Waals surface area (Å²) in [4.78, 5) is 17.5. The molecule has 0 aliphatic heterocycles. The number of nitrogens with zero attached hydrogens (tertiary/aromatic N) is 5. The van der Waals surface area contributed by atoms with E-state index in [-0.39, 0.29) is 0 Å². The summed E-state index contributed by atoms with van der Waals surface area (Å²) in [7, 11) is 0. The van der Waals surface area contributed by atoms with Crippen LogP contribution in [0.5, 0.6) is 0 Å². The lowest BCUT2D eigenvalue weighted by Gasteiger charge is -2.08. The predicted octanol–water partition coefficient (Wildman–Crippen LogP) is 2.41. The molecule has 124 valence electrons. The van der Waals surface area contributed by atoms with Gasteiger partial charge in [-0.1, -0.05) is 0 Å². The van der Waals surface area contributed by atoms with Gasteiger partial charge in [0, 0.05) is 18.0 Å². The summed E-state index contributed by atoms with van der Waals surface area (Å²) in [6.45, 7) is 2.66. The highest BCUT2D eigenvalue weighted by Crippen LogP contribution is 2.24. The van der Waals surface area contributed by atoms with Crippen LogP contribution in [0, 0.1) is 6.92 Å². The average molecular weight is 331 g/mol. The molecule has 7 heteroatoms. The van der Waals surface area contributed by atoms with Gasteiger partial charge in [0.05, 0.1) is 12.2 Å². The van der Waals surface area contributed by atoms with E-state index in [9.17, 15) is 0 Å². The molecule has 4 aromatic heterocycles. The molecular formula is C18H17N7. The molecule has 4 heterocycles. The second-order valence-corrected chi connectivity index (χ2v) is 5.85. The van der Waals surface area contributed by atoms with E-state index in [1.807, 2.05) is 31.2 Å². The van der Waals surface area contributed by atoms with E-state index in [2.05, 4.69) is 19.5 Å². The highest BCUT2D eigenvalue weighted by atomic mass is 15.1. The Morgan fingerprint density at radius 3 is 2.36 bits per heavy atom. The Morgan fingerprint density at radius 1 is 0.920 bits per heavy atom. The molecule has 0 radical (unpaired) electrons. The van der Waals surface area contributed by atoms with E-state index >= 15 is 0 Å². The average Bonchev–Trinajstić information content (AvgIpc) is 2.90. The first-order chi connectivity index (χ1) is 12.1. The number of nitrogens with two attached hydrogens (primary N) is 2. The van der Waals surface area contributed by atoms with Crippen LogP contribution in [0.15, 0.2) is 48.8 Å². The SMILES string of the molecule is Cc1nc2ccc(-c3cc(N)nc(N)c3)nc2n1Cc1ccncc1. The van der Waals surface area contributed by atoms with Crippen molar-refractivity contribution in [3.8, 4) is 11.3 Å². The summed E-state index contributed by atoms with van der Waals surface area (Å²) in [5.74, 6) is 1.65. The Morgan fingerprint density at radius 2 is 1.64 bits per heavy atom. The number of fused-ring (bicyclic) bond motifs is 1. The van der Waals surface area contributed by atoms with Gasteiger partial charge < -0.3 is 16.0 Å². The van der Waals surface area contributed by atoms with Gasteiger partial charge in [-0.3, -0.25) is 4.98 Å². The topological polar surface area (TPSA) is 109 Å². The Kier molecular flexibility index (Phi) is 3.53. The normalized spacial score (nSPS) is 11.1. The maximum atomic E-state index is 5.80. The van der Waals surface area contributed by atoms with Crippen molar-refractivity contribution >= 4 is 22.8 Å². The molecule has 0 aliphatic rings. The first-order valence-electron chi connectivity index (χ1n) is 7.86. The fourth-order valence-electron chi connectivity index (χ4n) is 2.86. The number of nitrogen functional groups attached to an aromatic ring is 2. The van der Waals surface area contributed by atoms with Crippen molar-refractivity contribution in [3.63, 3.8) is 0 Å². The van der Waals surface area contributed by atoms with Crippen LogP contribution in [-0.2, 0) is 6.54 Å². The minimum absolute atomic E-state index is 0.373. The summed E-state index contributed by atoms with van der Waals surface area (Å²) in [5.41, 5.74) is 16.0. The zero-order valence-corrected chi connectivity index (χ0v) is 13.7. The zero-order valence-electron chi connectivity index (χ0n) is 13.7. The monoisotopic (exact) mass is 331 g/mol. The Labute approximate surface area is 144 Å². The predicted molar refractivity (Wildman–Crippen MR) is 97.7 cm³/mol. The van der Waals surface area contributed by atoms with E-state index < -0.39 is 0 Å². The summed E-state index contributed by atoms with van der Waals surface area (Å²) in [6.07, 6.45) is 3.57. The molecular weight excluding hydrogens is 314 g/mol. The molecule has 25 heavy (non-hydrogen) atoms.